The summed E-state index contributed by atoms with van der Waals surface area (Å²) in [4.78, 5) is 28.2. The average Bonchev–Trinajstić information content (AvgIpc) is 2.54. The zero-order valence-electron chi connectivity index (χ0n) is 14.1. The van der Waals surface area contributed by atoms with Crippen LogP contribution in [-0.2, 0) is 4.79 Å². The molecule has 0 aromatic heterocycles. The van der Waals surface area contributed by atoms with Gasteiger partial charge in [0.05, 0.1) is 6.54 Å². The fourth-order valence-electron chi connectivity index (χ4n) is 2.89. The Morgan fingerprint density at radius 3 is 2.61 bits per heavy atom. The maximum atomic E-state index is 12.6. The van der Waals surface area contributed by atoms with E-state index in [1.165, 1.54) is 0 Å². The average molecular weight is 318 g/mol. The van der Waals surface area contributed by atoms with Crippen LogP contribution < -0.4 is 10.6 Å². The Morgan fingerprint density at radius 2 is 2.00 bits per heavy atom. The summed E-state index contributed by atoms with van der Waals surface area (Å²) < 4.78 is 0. The molecule has 1 fully saturated rings. The topological polar surface area (TPSA) is 64.7 Å². The predicted molar refractivity (Wildman–Crippen MR) is 91.6 cm³/mol. The molecule has 2 rings (SSSR count). The van der Waals surface area contributed by atoms with Crippen molar-refractivity contribution in [2.75, 3.05) is 46.1 Å². The molecule has 126 valence electrons. The van der Waals surface area contributed by atoms with Gasteiger partial charge in [-0.05, 0) is 57.7 Å². The Kier molecular flexibility index (Phi) is 6.12. The smallest absolute Gasteiger partial charge is 0.253 e. The molecule has 2 amide bonds. The lowest BCUT2D eigenvalue weighted by molar-refractivity contribution is -0.115. The second-order valence-corrected chi connectivity index (χ2v) is 6.13. The SMILES string of the molecule is CNCC(=O)Nc1ccc(C(=O)N(C)C2CCCN(C)C2)cc1. The van der Waals surface area contributed by atoms with Crippen molar-refractivity contribution in [3.63, 3.8) is 0 Å². The van der Waals surface area contributed by atoms with Gasteiger partial charge in [-0.2, -0.15) is 0 Å². The maximum Gasteiger partial charge on any atom is 0.253 e. The van der Waals surface area contributed by atoms with Crippen molar-refractivity contribution in [3.8, 4) is 0 Å². The van der Waals surface area contributed by atoms with Crippen LogP contribution in [0.4, 0.5) is 5.69 Å². The number of hydrogen-bond acceptors (Lipinski definition) is 4. The van der Waals surface area contributed by atoms with Gasteiger partial charge in [0.1, 0.15) is 0 Å². The van der Waals surface area contributed by atoms with E-state index in [1.54, 1.807) is 31.3 Å². The third-order valence-corrected chi connectivity index (χ3v) is 4.22. The Morgan fingerprint density at radius 1 is 1.30 bits per heavy atom. The standard InChI is InChI=1S/C17H26N4O2/c1-18-11-16(22)19-14-8-6-13(7-9-14)17(23)21(3)15-5-4-10-20(2)12-15/h6-9,15,18H,4-5,10-12H2,1-3H3,(H,19,22). The van der Waals surface area contributed by atoms with Gasteiger partial charge in [0, 0.05) is 30.9 Å². The molecule has 6 heteroatoms. The lowest BCUT2D eigenvalue weighted by Crippen LogP contribution is -2.47. The van der Waals surface area contributed by atoms with Crippen molar-refractivity contribution in [3.05, 3.63) is 29.8 Å². The number of likely N-dealkylation sites (tertiary alicyclic amines) is 1. The predicted octanol–water partition coefficient (Wildman–Crippen LogP) is 1.01. The van der Waals surface area contributed by atoms with Crippen molar-refractivity contribution in [1.29, 1.82) is 0 Å². The Hall–Kier alpha value is -1.92. The minimum Gasteiger partial charge on any atom is -0.337 e. The van der Waals surface area contributed by atoms with Crippen molar-refractivity contribution in [2.45, 2.75) is 18.9 Å². The minimum atomic E-state index is -0.103. The monoisotopic (exact) mass is 318 g/mol. The van der Waals surface area contributed by atoms with Crippen LogP contribution in [-0.4, -0.2) is 68.4 Å². The first kappa shape index (κ1) is 17.4. The van der Waals surface area contributed by atoms with E-state index in [0.29, 0.717) is 11.3 Å². The molecule has 1 aromatic carbocycles. The molecule has 0 aliphatic carbocycles. The molecule has 6 nitrogen and oxygen atoms in total. The van der Waals surface area contributed by atoms with Crippen LogP contribution in [0.5, 0.6) is 0 Å². The summed E-state index contributed by atoms with van der Waals surface area (Å²) in [6.45, 7) is 2.28. The fourth-order valence-corrected chi connectivity index (χ4v) is 2.89. The summed E-state index contributed by atoms with van der Waals surface area (Å²) in [5.74, 6) is -0.0765. The molecule has 0 radical (unpaired) electrons. The lowest BCUT2D eigenvalue weighted by atomic mass is 10.0. The van der Waals surface area contributed by atoms with Gasteiger partial charge in [-0.1, -0.05) is 0 Å². The molecule has 0 bridgehead atoms. The van der Waals surface area contributed by atoms with E-state index in [0.717, 1.165) is 25.9 Å². The van der Waals surface area contributed by atoms with Crippen LogP contribution in [0.3, 0.4) is 0 Å². The number of likely N-dealkylation sites (N-methyl/N-ethyl adjacent to an activating group) is 3. The summed E-state index contributed by atoms with van der Waals surface area (Å²) in [6, 6.07) is 7.32. The quantitative estimate of drug-likeness (QED) is 0.850. The van der Waals surface area contributed by atoms with Crippen LogP contribution >= 0.6 is 0 Å². The highest BCUT2D eigenvalue weighted by atomic mass is 16.2. The van der Waals surface area contributed by atoms with Gasteiger partial charge in [-0.25, -0.2) is 0 Å². The molecule has 2 N–H and O–H groups in total. The number of nitrogens with zero attached hydrogens (tertiary/aromatic N) is 2. The molecule has 1 saturated heterocycles. The van der Waals surface area contributed by atoms with Crippen molar-refractivity contribution in [2.24, 2.45) is 0 Å². The van der Waals surface area contributed by atoms with E-state index < -0.39 is 0 Å². The Balaban J connectivity index is 1.97. The van der Waals surface area contributed by atoms with Gasteiger partial charge < -0.3 is 20.4 Å². The van der Waals surface area contributed by atoms with Crippen LogP contribution in [0.15, 0.2) is 24.3 Å². The molecule has 1 aliphatic heterocycles. The highest BCUT2D eigenvalue weighted by Gasteiger charge is 2.25. The van der Waals surface area contributed by atoms with Gasteiger partial charge in [0.25, 0.3) is 5.91 Å². The molecule has 0 spiro atoms. The number of piperidine rings is 1. The Bertz CT molecular complexity index is 544. The fraction of sp³-hybridized carbons (Fsp3) is 0.529. The van der Waals surface area contributed by atoms with E-state index in [9.17, 15) is 9.59 Å². The number of carbonyl (C=O) groups is 2. The van der Waals surface area contributed by atoms with Crippen molar-refractivity contribution in [1.82, 2.24) is 15.1 Å². The summed E-state index contributed by atoms with van der Waals surface area (Å²) in [5, 5.41) is 5.57. The van der Waals surface area contributed by atoms with Crippen LogP contribution in [0.2, 0.25) is 0 Å². The highest BCUT2D eigenvalue weighted by molar-refractivity contribution is 5.96. The van der Waals surface area contributed by atoms with E-state index >= 15 is 0 Å². The molecule has 1 heterocycles. The highest BCUT2D eigenvalue weighted by Crippen LogP contribution is 2.17. The van der Waals surface area contributed by atoms with Crippen molar-refractivity contribution < 1.29 is 9.59 Å². The molecular weight excluding hydrogens is 292 g/mol. The molecule has 1 atom stereocenters. The van der Waals surface area contributed by atoms with Gasteiger partial charge in [0.2, 0.25) is 5.91 Å². The van der Waals surface area contributed by atoms with Gasteiger partial charge in [0.15, 0.2) is 0 Å². The first-order valence-electron chi connectivity index (χ1n) is 8.01. The van der Waals surface area contributed by atoms with E-state index in [4.69, 9.17) is 0 Å². The summed E-state index contributed by atoms with van der Waals surface area (Å²) in [6.07, 6.45) is 2.17. The van der Waals surface area contributed by atoms with Crippen molar-refractivity contribution >= 4 is 17.5 Å². The number of anilines is 1. The molecule has 1 unspecified atom stereocenters. The third-order valence-electron chi connectivity index (χ3n) is 4.22. The summed E-state index contributed by atoms with van der Waals surface area (Å²) in [5.41, 5.74) is 1.34. The van der Waals surface area contributed by atoms with Crippen LogP contribution in [0, 0.1) is 0 Å². The first-order valence-corrected chi connectivity index (χ1v) is 8.01. The second kappa shape index (κ2) is 8.08. The van der Waals surface area contributed by atoms with E-state index in [-0.39, 0.29) is 24.4 Å². The van der Waals surface area contributed by atoms with Crippen LogP contribution in [0.1, 0.15) is 23.2 Å². The van der Waals surface area contributed by atoms with Gasteiger partial charge in [-0.15, -0.1) is 0 Å². The lowest BCUT2D eigenvalue weighted by Gasteiger charge is -2.35. The molecular formula is C17H26N4O2. The molecule has 1 aromatic rings. The maximum absolute atomic E-state index is 12.6. The zero-order chi connectivity index (χ0) is 16.8. The molecule has 23 heavy (non-hydrogen) atoms. The van der Waals surface area contributed by atoms with Gasteiger partial charge >= 0.3 is 0 Å². The number of nitrogens with one attached hydrogen (secondary N) is 2. The first-order chi connectivity index (χ1) is 11.0. The summed E-state index contributed by atoms with van der Waals surface area (Å²) >= 11 is 0. The summed E-state index contributed by atoms with van der Waals surface area (Å²) in [7, 11) is 5.68. The van der Waals surface area contributed by atoms with E-state index in [1.807, 2.05) is 11.9 Å². The second-order valence-electron chi connectivity index (χ2n) is 6.13. The largest absolute Gasteiger partial charge is 0.337 e. The number of carbonyl (C=O) groups excluding carboxylic acids is 2. The number of rotatable bonds is 5. The van der Waals surface area contributed by atoms with Gasteiger partial charge in [-0.3, -0.25) is 9.59 Å². The number of hydrogen-bond donors (Lipinski definition) is 2. The number of amides is 2. The zero-order valence-corrected chi connectivity index (χ0v) is 14.1. The number of benzene rings is 1. The minimum absolute atomic E-state index is 0.0263. The van der Waals surface area contributed by atoms with Crippen LogP contribution in [0.25, 0.3) is 0 Å². The molecule has 0 saturated carbocycles. The molecule has 1 aliphatic rings. The Labute approximate surface area is 137 Å². The third kappa shape index (κ3) is 4.77. The van der Waals surface area contributed by atoms with E-state index in [2.05, 4.69) is 22.6 Å². The normalized spacial score (nSPS) is 18.5.